The lowest BCUT2D eigenvalue weighted by atomic mass is 9.66. The van der Waals surface area contributed by atoms with Crippen LogP contribution < -0.4 is 0 Å². The van der Waals surface area contributed by atoms with Gasteiger partial charge in [0.15, 0.2) is 0 Å². The van der Waals surface area contributed by atoms with Gasteiger partial charge in [-0.15, -0.1) is 0 Å². The van der Waals surface area contributed by atoms with Crippen LogP contribution in [0.25, 0.3) is 0 Å². The molecular formula is C54H86N2. The number of likely N-dealkylation sites (tertiary alicyclic amines) is 1. The molecule has 0 amide bonds. The molecule has 15 unspecified atom stereocenters. The molecule has 0 aromatic heterocycles. The molecule has 5 fully saturated rings. The first-order valence-electron chi connectivity index (χ1n) is 25.9. The van der Waals surface area contributed by atoms with E-state index in [-0.39, 0.29) is 0 Å². The van der Waals surface area contributed by atoms with Crippen molar-refractivity contribution in [3.05, 3.63) is 48.1 Å². The fraction of sp³-hybridized carbons (Fsp3) is 0.852. The molecular weight excluding hydrogens is 677 g/mol. The van der Waals surface area contributed by atoms with Crippen molar-refractivity contribution in [2.24, 2.45) is 59.2 Å². The van der Waals surface area contributed by atoms with Gasteiger partial charge in [-0.3, -0.25) is 9.80 Å². The number of rotatable bonds is 9. The molecule has 0 N–H and O–H groups in total. The molecule has 3 saturated carbocycles. The molecule has 2 heterocycles. The molecule has 0 bridgehead atoms. The van der Waals surface area contributed by atoms with Gasteiger partial charge >= 0.3 is 0 Å². The molecule has 2 nitrogen and oxygen atoms in total. The lowest BCUT2D eigenvalue weighted by Crippen LogP contribution is -2.51. The number of allylic oxidation sites excluding steroid dienone is 6. The Bertz CT molecular complexity index is 1370. The zero-order chi connectivity index (χ0) is 37.8. The second kappa shape index (κ2) is 19.1. The summed E-state index contributed by atoms with van der Waals surface area (Å²) >= 11 is 0. The van der Waals surface area contributed by atoms with E-state index >= 15 is 0 Å². The summed E-state index contributed by atoms with van der Waals surface area (Å²) in [6, 6.07) is 4.11. The molecule has 0 spiro atoms. The van der Waals surface area contributed by atoms with E-state index in [0.29, 0.717) is 6.04 Å². The highest BCUT2D eigenvalue weighted by atomic mass is 15.3. The van der Waals surface area contributed by atoms with Gasteiger partial charge in [0.2, 0.25) is 0 Å². The summed E-state index contributed by atoms with van der Waals surface area (Å²) in [4.78, 5) is 6.45. The lowest BCUT2D eigenvalue weighted by Gasteiger charge is -2.49. The fourth-order valence-electron chi connectivity index (χ4n) is 15.9. The summed E-state index contributed by atoms with van der Waals surface area (Å²) in [6.45, 7) is 6.43. The van der Waals surface area contributed by atoms with Crippen LogP contribution in [-0.2, 0) is 0 Å². The van der Waals surface area contributed by atoms with E-state index in [9.17, 15) is 0 Å². The van der Waals surface area contributed by atoms with Crippen LogP contribution in [0, 0.1) is 59.2 Å². The minimum Gasteiger partial charge on any atom is -0.294 e. The summed E-state index contributed by atoms with van der Waals surface area (Å²) < 4.78 is 0. The zero-order valence-corrected chi connectivity index (χ0v) is 36.6. The second-order valence-electron chi connectivity index (χ2n) is 21.9. The second-order valence-corrected chi connectivity index (χ2v) is 21.9. The molecule has 0 radical (unpaired) electrons. The van der Waals surface area contributed by atoms with Gasteiger partial charge in [-0.1, -0.05) is 113 Å². The third-order valence-corrected chi connectivity index (χ3v) is 18.9. The maximum absolute atomic E-state index is 3.34. The quantitative estimate of drug-likeness (QED) is 0.216. The van der Waals surface area contributed by atoms with Gasteiger partial charge in [0.25, 0.3) is 0 Å². The summed E-state index contributed by atoms with van der Waals surface area (Å²) in [5, 5.41) is 0. The number of hydrogen-bond donors (Lipinski definition) is 0. The van der Waals surface area contributed by atoms with Gasteiger partial charge < -0.3 is 0 Å². The third-order valence-electron chi connectivity index (χ3n) is 18.9. The smallest absolute Gasteiger partial charge is 0.0281 e. The van der Waals surface area contributed by atoms with Crippen molar-refractivity contribution in [1.82, 2.24) is 9.80 Å². The maximum atomic E-state index is 3.34. The maximum Gasteiger partial charge on any atom is 0.0281 e. The highest BCUT2D eigenvalue weighted by molar-refractivity contribution is 5.22. The third kappa shape index (κ3) is 8.84. The van der Waals surface area contributed by atoms with Gasteiger partial charge in [-0.25, -0.2) is 0 Å². The molecule has 0 aromatic rings. The van der Waals surface area contributed by atoms with Crippen molar-refractivity contribution in [3.8, 4) is 0 Å². The van der Waals surface area contributed by atoms with E-state index in [2.05, 4.69) is 66.2 Å². The van der Waals surface area contributed by atoms with Gasteiger partial charge in [0.1, 0.15) is 0 Å². The van der Waals surface area contributed by atoms with Crippen LogP contribution in [-0.4, -0.2) is 46.6 Å². The average Bonchev–Trinajstić information content (AvgIpc) is 3.64. The van der Waals surface area contributed by atoms with Crippen LogP contribution in [0.3, 0.4) is 0 Å². The van der Waals surface area contributed by atoms with Crippen LogP contribution in [0.15, 0.2) is 48.1 Å². The molecule has 0 aromatic carbocycles. The van der Waals surface area contributed by atoms with E-state index in [1.165, 1.54) is 186 Å². The van der Waals surface area contributed by atoms with Gasteiger partial charge in [0, 0.05) is 30.2 Å². The molecule has 2 aliphatic heterocycles. The van der Waals surface area contributed by atoms with Crippen molar-refractivity contribution in [2.75, 3.05) is 6.54 Å². The molecule has 15 atom stereocenters. The Hall–Kier alpha value is -1.12. The Morgan fingerprint density at radius 1 is 0.643 bits per heavy atom. The normalized spacial score (nSPS) is 44.4. The average molecular weight is 763 g/mol. The number of fused-ring (bicyclic) bond motifs is 4. The number of unbranched alkanes of at least 4 members (excludes halogenated alkanes) is 1. The molecule has 2 heteroatoms. The summed E-state index contributed by atoms with van der Waals surface area (Å²) in [5.41, 5.74) is 1.96. The lowest BCUT2D eigenvalue weighted by molar-refractivity contribution is 0.0126. The van der Waals surface area contributed by atoms with Gasteiger partial charge in [-0.05, 0) is 194 Å². The number of nitrogens with zero attached hydrogens (tertiary/aromatic N) is 2. The first-order chi connectivity index (χ1) is 27.6. The Labute approximate surface area is 346 Å². The summed E-state index contributed by atoms with van der Waals surface area (Å²) in [5.74, 6) is 8.99. The van der Waals surface area contributed by atoms with Crippen molar-refractivity contribution < 1.29 is 0 Å². The molecule has 9 aliphatic rings. The zero-order valence-electron chi connectivity index (χ0n) is 36.6. The molecule has 7 aliphatic carbocycles. The summed E-state index contributed by atoms with van der Waals surface area (Å²) in [7, 11) is 0. The first kappa shape index (κ1) is 40.3. The molecule has 9 rings (SSSR count). The topological polar surface area (TPSA) is 6.48 Å². The predicted octanol–water partition coefficient (Wildman–Crippen LogP) is 14.3. The minimum absolute atomic E-state index is 0.700. The van der Waals surface area contributed by atoms with Gasteiger partial charge in [0.05, 0.1) is 0 Å². The van der Waals surface area contributed by atoms with Crippen LogP contribution >= 0.6 is 0 Å². The number of hydrogen-bond acceptors (Lipinski definition) is 2. The van der Waals surface area contributed by atoms with Crippen molar-refractivity contribution in [1.29, 1.82) is 0 Å². The molecule has 2 saturated heterocycles. The fourth-order valence-corrected chi connectivity index (χ4v) is 15.9. The van der Waals surface area contributed by atoms with Crippen LogP contribution in [0.4, 0.5) is 0 Å². The van der Waals surface area contributed by atoms with E-state index in [4.69, 9.17) is 0 Å². The van der Waals surface area contributed by atoms with E-state index in [1.54, 1.807) is 0 Å². The monoisotopic (exact) mass is 763 g/mol. The standard InChI is InChI=1S/C54H86N2/c1-3-4-17-39(2)46-35-47(41-20-12-8-13-21-41)37-49(36-46)56-53-24-15-14-23-50(53)51-38-44(28-32-54(51)56)43-27-31-52-45(34-43)22-9-5-6-16-33-55(52)48-29-25-42(26-30-48)40-18-10-7-11-19-40/h8,10,12,18,25,29,38-43,45-54H,3-7,9,11,13-17,19-24,26-28,30-37H2,1-2H3. The molecule has 56 heavy (non-hydrogen) atoms. The first-order valence-corrected chi connectivity index (χ1v) is 25.9. The van der Waals surface area contributed by atoms with Gasteiger partial charge in [-0.2, -0.15) is 0 Å². The van der Waals surface area contributed by atoms with Crippen LogP contribution in [0.2, 0.25) is 0 Å². The minimum atomic E-state index is 0.700. The highest BCUT2D eigenvalue weighted by Crippen LogP contribution is 2.54. The van der Waals surface area contributed by atoms with Crippen molar-refractivity contribution >= 4 is 0 Å². The van der Waals surface area contributed by atoms with E-state index < -0.39 is 0 Å². The largest absolute Gasteiger partial charge is 0.294 e. The Morgan fingerprint density at radius 3 is 2.38 bits per heavy atom. The Kier molecular flexibility index (Phi) is 13.7. The van der Waals surface area contributed by atoms with E-state index in [0.717, 1.165) is 83.3 Å². The Morgan fingerprint density at radius 2 is 1.54 bits per heavy atom. The van der Waals surface area contributed by atoms with Crippen molar-refractivity contribution in [3.63, 3.8) is 0 Å². The summed E-state index contributed by atoms with van der Waals surface area (Å²) in [6.07, 6.45) is 59.2. The van der Waals surface area contributed by atoms with E-state index in [1.807, 2.05) is 5.57 Å². The van der Waals surface area contributed by atoms with Crippen LogP contribution in [0.1, 0.15) is 194 Å². The highest BCUT2D eigenvalue weighted by Gasteiger charge is 2.53. The van der Waals surface area contributed by atoms with Crippen LogP contribution in [0.5, 0.6) is 0 Å². The predicted molar refractivity (Wildman–Crippen MR) is 239 cm³/mol. The van der Waals surface area contributed by atoms with Crippen molar-refractivity contribution in [2.45, 2.75) is 224 Å². The Balaban J connectivity index is 0.907. The SMILES string of the molecule is CCCCC(C)C1CC(C2CC=CCC2)CC(N2C3CCC(C4CCC5C(CCCCCCN5C5C=CC(C6C=CCCC6)CC5)C4)=CC3C3CCCCC32)C1. The molecule has 312 valence electrons.